The maximum Gasteiger partial charge on any atom is 0.279 e. The highest BCUT2D eigenvalue weighted by atomic mass is 16.2. The number of aryl methyl sites for hydroxylation is 1. The highest BCUT2D eigenvalue weighted by Gasteiger charge is 2.32. The van der Waals surface area contributed by atoms with E-state index in [0.717, 1.165) is 19.4 Å². The van der Waals surface area contributed by atoms with E-state index in [9.17, 15) is 4.79 Å². The highest BCUT2D eigenvalue weighted by molar-refractivity contribution is 5.91. The number of benzene rings is 1. The molecular formula is C18H21N4O+. The van der Waals surface area contributed by atoms with E-state index in [1.165, 1.54) is 10.6 Å². The molecule has 5 nitrogen and oxygen atoms in total. The van der Waals surface area contributed by atoms with Gasteiger partial charge in [-0.1, -0.05) is 6.07 Å². The minimum atomic E-state index is -0.00352. The summed E-state index contributed by atoms with van der Waals surface area (Å²) in [6.45, 7) is 1.47. The summed E-state index contributed by atoms with van der Waals surface area (Å²) in [5, 5.41) is 11.8. The van der Waals surface area contributed by atoms with Crippen LogP contribution in [0.4, 0.5) is 5.69 Å². The predicted octanol–water partition coefficient (Wildman–Crippen LogP) is 1.26. The molecule has 1 aromatic heterocycles. The average Bonchev–Trinajstić information content (AvgIpc) is 3.15. The van der Waals surface area contributed by atoms with Crippen LogP contribution in [0.25, 0.3) is 0 Å². The first-order chi connectivity index (χ1) is 11.2. The van der Waals surface area contributed by atoms with Crippen molar-refractivity contribution in [3.05, 3.63) is 53.9 Å². The molecule has 3 rings (SSSR count). The molecule has 0 radical (unpaired) electrons. The van der Waals surface area contributed by atoms with Crippen molar-refractivity contribution in [3.63, 3.8) is 0 Å². The lowest BCUT2D eigenvalue weighted by atomic mass is 10.1. The van der Waals surface area contributed by atoms with E-state index in [1.807, 2.05) is 6.07 Å². The third kappa shape index (κ3) is 3.43. The van der Waals surface area contributed by atoms with Gasteiger partial charge in [-0.25, -0.2) is 0 Å². The van der Waals surface area contributed by atoms with E-state index in [1.54, 1.807) is 18.2 Å². The molecule has 5 heteroatoms. The lowest BCUT2D eigenvalue weighted by Crippen LogP contribution is -3.11. The van der Waals surface area contributed by atoms with Crippen LogP contribution in [0.15, 0.2) is 42.6 Å². The smallest absolute Gasteiger partial charge is 0.279 e. The van der Waals surface area contributed by atoms with Gasteiger partial charge in [0.05, 0.1) is 23.9 Å². The number of aromatic nitrogens is 1. The molecule has 0 bridgehead atoms. The normalized spacial score (nSPS) is 20.2. The van der Waals surface area contributed by atoms with Crippen LogP contribution in [0, 0.1) is 11.3 Å². The molecule has 1 aliphatic rings. The van der Waals surface area contributed by atoms with Crippen molar-refractivity contribution in [3.8, 4) is 6.07 Å². The zero-order valence-electron chi connectivity index (χ0n) is 13.2. The van der Waals surface area contributed by atoms with Crippen LogP contribution in [0.3, 0.4) is 0 Å². The number of carbonyl (C=O) groups is 1. The minimum Gasteiger partial charge on any atom is -0.350 e. The Bertz CT molecular complexity index is 743. The molecule has 1 unspecified atom stereocenters. The third-order valence-electron chi connectivity index (χ3n) is 4.49. The summed E-state index contributed by atoms with van der Waals surface area (Å²) in [6, 6.07) is 13.7. The Hall–Kier alpha value is -2.58. The van der Waals surface area contributed by atoms with Gasteiger partial charge >= 0.3 is 0 Å². The van der Waals surface area contributed by atoms with Gasteiger partial charge in [0.1, 0.15) is 6.04 Å². The topological polar surface area (TPSA) is 62.3 Å². The zero-order valence-corrected chi connectivity index (χ0v) is 13.2. The second-order valence-electron chi connectivity index (χ2n) is 6.06. The average molecular weight is 309 g/mol. The molecule has 23 heavy (non-hydrogen) atoms. The number of quaternary nitrogens is 1. The Balaban J connectivity index is 1.65. The molecule has 1 amide bonds. The number of hydrogen-bond acceptors (Lipinski definition) is 2. The van der Waals surface area contributed by atoms with Crippen molar-refractivity contribution in [2.75, 3.05) is 18.4 Å². The number of nitrogens with one attached hydrogen (secondary N) is 2. The lowest BCUT2D eigenvalue weighted by Gasteiger charge is -2.21. The van der Waals surface area contributed by atoms with Crippen molar-refractivity contribution < 1.29 is 9.69 Å². The first-order valence-electron chi connectivity index (χ1n) is 7.93. The van der Waals surface area contributed by atoms with Crippen LogP contribution in [-0.2, 0) is 11.8 Å². The van der Waals surface area contributed by atoms with Gasteiger partial charge < -0.3 is 14.8 Å². The van der Waals surface area contributed by atoms with Crippen LogP contribution >= 0.6 is 0 Å². The van der Waals surface area contributed by atoms with Gasteiger partial charge in [-0.2, -0.15) is 5.26 Å². The van der Waals surface area contributed by atoms with E-state index in [-0.39, 0.29) is 5.91 Å². The van der Waals surface area contributed by atoms with E-state index < -0.39 is 0 Å². The van der Waals surface area contributed by atoms with Crippen LogP contribution in [0.5, 0.6) is 0 Å². The Labute approximate surface area is 136 Å². The monoisotopic (exact) mass is 309 g/mol. The van der Waals surface area contributed by atoms with Crippen LogP contribution in [0.1, 0.15) is 30.1 Å². The van der Waals surface area contributed by atoms with Gasteiger partial charge in [-0.05, 0) is 30.3 Å². The molecule has 2 aromatic rings. The molecule has 118 valence electrons. The summed E-state index contributed by atoms with van der Waals surface area (Å²) in [5.74, 6) is -0.00352. The fourth-order valence-electron chi connectivity index (χ4n) is 3.39. The molecule has 2 N–H and O–H groups in total. The number of hydrogen-bond donors (Lipinski definition) is 2. The van der Waals surface area contributed by atoms with Gasteiger partial charge in [-0.15, -0.1) is 0 Å². The number of likely N-dealkylation sites (tertiary alicyclic amines) is 1. The third-order valence-corrected chi connectivity index (χ3v) is 4.49. The van der Waals surface area contributed by atoms with E-state index >= 15 is 0 Å². The second kappa shape index (κ2) is 6.67. The molecule has 1 aromatic carbocycles. The first-order valence-corrected chi connectivity index (χ1v) is 7.93. The molecule has 0 saturated carbocycles. The molecule has 1 aliphatic heterocycles. The van der Waals surface area contributed by atoms with Gasteiger partial charge in [0, 0.05) is 31.8 Å². The molecular weight excluding hydrogens is 288 g/mol. The number of carbonyl (C=O) groups excluding carboxylic acids is 1. The standard InChI is InChI=1S/C18H20N4O/c1-21-9-3-7-16(21)17-8-4-10-22(17)13-18(23)20-15-6-2-5-14(11-15)12-19/h2-3,5-7,9,11,17H,4,8,10,13H2,1H3,(H,20,23)/p+1/t17-/m1/s1. The lowest BCUT2D eigenvalue weighted by molar-refractivity contribution is -0.910. The van der Waals surface area contributed by atoms with Crippen LogP contribution in [0.2, 0.25) is 0 Å². The van der Waals surface area contributed by atoms with Crippen molar-refractivity contribution >= 4 is 11.6 Å². The second-order valence-corrected chi connectivity index (χ2v) is 6.06. The number of nitriles is 1. The van der Waals surface area contributed by atoms with Gasteiger partial charge in [0.2, 0.25) is 0 Å². The van der Waals surface area contributed by atoms with Crippen LogP contribution in [-0.4, -0.2) is 23.6 Å². The Kier molecular flexibility index (Phi) is 4.45. The van der Waals surface area contributed by atoms with Gasteiger partial charge in [-0.3, -0.25) is 4.79 Å². The van der Waals surface area contributed by atoms with E-state index in [0.29, 0.717) is 23.8 Å². The largest absolute Gasteiger partial charge is 0.350 e. The first kappa shape index (κ1) is 15.3. The maximum absolute atomic E-state index is 12.3. The van der Waals surface area contributed by atoms with Crippen molar-refractivity contribution in [2.45, 2.75) is 18.9 Å². The molecule has 0 aliphatic carbocycles. The number of amides is 1. The molecule has 2 atom stereocenters. The quantitative estimate of drug-likeness (QED) is 0.893. The summed E-state index contributed by atoms with van der Waals surface area (Å²) in [7, 11) is 2.05. The fraction of sp³-hybridized carbons (Fsp3) is 0.333. The maximum atomic E-state index is 12.3. The fourth-order valence-corrected chi connectivity index (χ4v) is 3.39. The summed E-state index contributed by atoms with van der Waals surface area (Å²) in [4.78, 5) is 13.7. The number of rotatable bonds is 4. The SMILES string of the molecule is Cn1cccc1[C@H]1CCC[NH+]1CC(=O)Nc1cccc(C#N)c1. The highest BCUT2D eigenvalue weighted by Crippen LogP contribution is 2.19. The predicted molar refractivity (Wildman–Crippen MR) is 87.9 cm³/mol. The van der Waals surface area contributed by atoms with Crippen molar-refractivity contribution in [2.24, 2.45) is 7.05 Å². The van der Waals surface area contributed by atoms with Crippen molar-refractivity contribution in [1.29, 1.82) is 5.26 Å². The summed E-state index contributed by atoms with van der Waals surface area (Å²) >= 11 is 0. The summed E-state index contributed by atoms with van der Waals surface area (Å²) < 4.78 is 2.14. The van der Waals surface area contributed by atoms with Gasteiger partial charge in [0.25, 0.3) is 5.91 Å². The Morgan fingerprint density at radius 1 is 1.43 bits per heavy atom. The minimum absolute atomic E-state index is 0.00352. The number of nitrogens with zero attached hydrogens (tertiary/aromatic N) is 2. The molecule has 0 spiro atoms. The Morgan fingerprint density at radius 3 is 3.04 bits per heavy atom. The van der Waals surface area contributed by atoms with E-state index in [2.05, 4.69) is 41.3 Å². The van der Waals surface area contributed by atoms with Crippen molar-refractivity contribution in [1.82, 2.24) is 4.57 Å². The summed E-state index contributed by atoms with van der Waals surface area (Å²) in [5.41, 5.74) is 2.53. The molecule has 2 heterocycles. The number of anilines is 1. The summed E-state index contributed by atoms with van der Waals surface area (Å²) in [6.07, 6.45) is 4.31. The zero-order chi connectivity index (χ0) is 16.2. The van der Waals surface area contributed by atoms with E-state index in [4.69, 9.17) is 5.26 Å². The van der Waals surface area contributed by atoms with Crippen LogP contribution < -0.4 is 10.2 Å². The Morgan fingerprint density at radius 2 is 2.30 bits per heavy atom. The molecule has 1 fully saturated rings. The molecule has 1 saturated heterocycles. The van der Waals surface area contributed by atoms with Gasteiger partial charge in [0.15, 0.2) is 6.54 Å².